The molecule has 0 aromatic heterocycles. The molecule has 0 aliphatic carbocycles. The van der Waals surface area contributed by atoms with Crippen LogP contribution in [0.5, 0.6) is 0 Å². The Morgan fingerprint density at radius 3 is 2.00 bits per heavy atom. The molecule has 4 heteroatoms. The van der Waals surface area contributed by atoms with E-state index < -0.39 is 0 Å². The highest BCUT2D eigenvalue weighted by atomic mass is 32.2. The second-order valence-corrected chi connectivity index (χ2v) is 8.71. The van der Waals surface area contributed by atoms with Gasteiger partial charge in [0.15, 0.2) is 0 Å². The molecule has 32 heavy (non-hydrogen) atoms. The molecule has 4 rings (SSSR count). The first-order valence-electron chi connectivity index (χ1n) is 10.5. The number of nitrogens with zero attached hydrogens (tertiary/aromatic N) is 1. The van der Waals surface area contributed by atoms with E-state index in [1.807, 2.05) is 49.4 Å². The Morgan fingerprint density at radius 2 is 1.41 bits per heavy atom. The molecule has 0 unspecified atom stereocenters. The van der Waals surface area contributed by atoms with Gasteiger partial charge in [0, 0.05) is 5.75 Å². The lowest BCUT2D eigenvalue weighted by Gasteiger charge is -2.09. The van der Waals surface area contributed by atoms with Crippen LogP contribution in [0.4, 0.5) is 5.69 Å². The standard InChI is InChI=1S/C28H23NOS2/c1-2-30-28(31)32-20-25-17-23-15-9-10-16-24(23)18-27(25)29-19-26(21-11-5-3-6-12-21)22-13-7-4-8-14-22/h3-18H,2,20H2,1H3. The summed E-state index contributed by atoms with van der Waals surface area (Å²) in [5.41, 5.74) is 5.11. The number of thiocarbonyl (C=S) groups is 1. The third-order valence-corrected chi connectivity index (χ3v) is 6.25. The Morgan fingerprint density at radius 1 is 0.844 bits per heavy atom. The maximum Gasteiger partial charge on any atom is 0.220 e. The maximum atomic E-state index is 5.45. The van der Waals surface area contributed by atoms with Crippen LogP contribution in [0.2, 0.25) is 0 Å². The average molecular weight is 454 g/mol. The fourth-order valence-electron chi connectivity index (χ4n) is 3.41. The maximum absolute atomic E-state index is 5.45. The van der Waals surface area contributed by atoms with E-state index in [9.17, 15) is 0 Å². The van der Waals surface area contributed by atoms with Crippen LogP contribution in [-0.2, 0) is 10.5 Å². The molecular weight excluding hydrogens is 430 g/mol. The lowest BCUT2D eigenvalue weighted by molar-refractivity contribution is 0.346. The smallest absolute Gasteiger partial charge is 0.220 e. The highest BCUT2D eigenvalue weighted by Gasteiger charge is 2.08. The highest BCUT2D eigenvalue weighted by Crippen LogP contribution is 2.30. The predicted molar refractivity (Wildman–Crippen MR) is 142 cm³/mol. The van der Waals surface area contributed by atoms with E-state index in [1.165, 1.54) is 17.1 Å². The number of ether oxygens (including phenoxy) is 1. The molecule has 158 valence electrons. The minimum Gasteiger partial charge on any atom is -0.479 e. The Balaban J connectivity index is 1.81. The molecule has 0 fully saturated rings. The van der Waals surface area contributed by atoms with Gasteiger partial charge in [-0.25, -0.2) is 4.99 Å². The lowest BCUT2D eigenvalue weighted by atomic mass is 9.99. The first-order valence-corrected chi connectivity index (χ1v) is 11.9. The van der Waals surface area contributed by atoms with Crippen molar-refractivity contribution in [3.05, 3.63) is 114 Å². The summed E-state index contributed by atoms with van der Waals surface area (Å²) in [6.45, 7) is 2.52. The van der Waals surface area contributed by atoms with E-state index in [2.05, 4.69) is 60.5 Å². The molecule has 4 aromatic carbocycles. The fraction of sp³-hybridized carbons (Fsp3) is 0.107. The molecule has 0 aliphatic rings. The molecule has 4 aromatic rings. The Bertz CT molecular complexity index is 1240. The first-order chi connectivity index (χ1) is 15.7. The van der Waals surface area contributed by atoms with Gasteiger partial charge < -0.3 is 4.74 Å². The summed E-state index contributed by atoms with van der Waals surface area (Å²) in [6, 6.07) is 33.1. The molecule has 2 nitrogen and oxygen atoms in total. The van der Waals surface area contributed by atoms with Crippen molar-refractivity contribution in [2.45, 2.75) is 12.7 Å². The van der Waals surface area contributed by atoms with E-state index in [-0.39, 0.29) is 0 Å². The third kappa shape index (κ3) is 5.54. The summed E-state index contributed by atoms with van der Waals surface area (Å²) < 4.78 is 6.00. The monoisotopic (exact) mass is 453 g/mol. The van der Waals surface area contributed by atoms with Crippen LogP contribution in [0.3, 0.4) is 0 Å². The number of benzene rings is 4. The lowest BCUT2D eigenvalue weighted by Crippen LogP contribution is -1.96. The molecular formula is C28H23NOS2. The van der Waals surface area contributed by atoms with Gasteiger partial charge in [0.05, 0.1) is 17.9 Å². The first kappa shape index (κ1) is 22.0. The van der Waals surface area contributed by atoms with Crippen LogP contribution in [0.25, 0.3) is 16.3 Å². The molecule has 0 heterocycles. The Kier molecular flexibility index (Phi) is 7.52. The van der Waals surface area contributed by atoms with Crippen molar-refractivity contribution in [3.63, 3.8) is 0 Å². The summed E-state index contributed by atoms with van der Waals surface area (Å²) in [7, 11) is 0. The molecule has 0 saturated carbocycles. The summed E-state index contributed by atoms with van der Waals surface area (Å²) in [5, 5.41) is 2.33. The van der Waals surface area contributed by atoms with Gasteiger partial charge in [0.1, 0.15) is 0 Å². The average Bonchev–Trinajstić information content (AvgIpc) is 2.84. The Labute approximate surface area is 198 Å². The largest absolute Gasteiger partial charge is 0.479 e. The fourth-order valence-corrected chi connectivity index (χ4v) is 4.41. The zero-order valence-electron chi connectivity index (χ0n) is 17.8. The van der Waals surface area contributed by atoms with Crippen molar-refractivity contribution in [2.24, 2.45) is 4.99 Å². The van der Waals surface area contributed by atoms with Crippen molar-refractivity contribution >= 4 is 56.3 Å². The molecule has 0 saturated heterocycles. The topological polar surface area (TPSA) is 21.6 Å². The van der Waals surface area contributed by atoms with Crippen LogP contribution >= 0.6 is 24.0 Å². The molecule has 0 N–H and O–H groups in total. The minimum atomic E-state index is 0.556. The number of thioether (sulfide) groups is 1. The van der Waals surface area contributed by atoms with Crippen LogP contribution in [-0.4, -0.2) is 16.9 Å². The van der Waals surface area contributed by atoms with Gasteiger partial charge in [-0.1, -0.05) is 96.7 Å². The molecule has 0 atom stereocenters. The second-order valence-electron chi connectivity index (χ2n) is 7.13. The molecule has 0 radical (unpaired) electrons. The van der Waals surface area contributed by atoms with E-state index in [0.717, 1.165) is 33.3 Å². The van der Waals surface area contributed by atoms with Gasteiger partial charge in [-0.3, -0.25) is 0 Å². The minimum absolute atomic E-state index is 0.556. The number of aliphatic imine (C=N–C) groups is 1. The summed E-state index contributed by atoms with van der Waals surface area (Å²) >= 11 is 6.83. The summed E-state index contributed by atoms with van der Waals surface area (Å²) in [5.74, 6) is 4.05. The molecule has 0 spiro atoms. The second kappa shape index (κ2) is 10.9. The Hall–Kier alpha value is -3.17. The number of fused-ring (bicyclic) bond motifs is 1. The summed E-state index contributed by atoms with van der Waals surface area (Å²) in [4.78, 5) is 4.85. The molecule has 0 bridgehead atoms. The zero-order chi connectivity index (χ0) is 22.2. The van der Waals surface area contributed by atoms with E-state index in [1.54, 1.807) is 0 Å². The van der Waals surface area contributed by atoms with Crippen molar-refractivity contribution in [1.29, 1.82) is 0 Å². The number of hydrogen-bond donors (Lipinski definition) is 0. The van der Waals surface area contributed by atoms with E-state index in [4.69, 9.17) is 21.9 Å². The predicted octanol–water partition coefficient (Wildman–Crippen LogP) is 7.83. The zero-order valence-corrected chi connectivity index (χ0v) is 19.5. The summed E-state index contributed by atoms with van der Waals surface area (Å²) in [6.07, 6.45) is 0. The van der Waals surface area contributed by atoms with Crippen molar-refractivity contribution in [3.8, 4) is 0 Å². The third-order valence-electron chi connectivity index (χ3n) is 4.97. The van der Waals surface area contributed by atoms with Crippen LogP contribution < -0.4 is 0 Å². The van der Waals surface area contributed by atoms with E-state index in [0.29, 0.717) is 16.7 Å². The van der Waals surface area contributed by atoms with Gasteiger partial charge in [-0.15, -0.1) is 0 Å². The number of rotatable bonds is 6. The highest BCUT2D eigenvalue weighted by molar-refractivity contribution is 8.22. The van der Waals surface area contributed by atoms with Crippen LogP contribution in [0.1, 0.15) is 23.6 Å². The molecule has 0 aliphatic heterocycles. The van der Waals surface area contributed by atoms with Crippen molar-refractivity contribution < 1.29 is 4.74 Å². The molecule has 0 amide bonds. The van der Waals surface area contributed by atoms with Gasteiger partial charge in [0.2, 0.25) is 4.38 Å². The SMILES string of the molecule is CCOC(=S)SCc1cc2ccccc2cc1N=C=C(c1ccccc1)c1ccccc1. The number of hydrogen-bond acceptors (Lipinski definition) is 4. The van der Waals surface area contributed by atoms with Gasteiger partial charge in [-0.2, -0.15) is 0 Å². The van der Waals surface area contributed by atoms with Crippen molar-refractivity contribution in [2.75, 3.05) is 6.61 Å². The van der Waals surface area contributed by atoms with E-state index >= 15 is 0 Å². The van der Waals surface area contributed by atoms with Crippen molar-refractivity contribution in [1.82, 2.24) is 0 Å². The van der Waals surface area contributed by atoms with Crippen LogP contribution in [0.15, 0.2) is 102 Å². The quantitative estimate of drug-likeness (QED) is 0.219. The van der Waals surface area contributed by atoms with Gasteiger partial charge in [0.25, 0.3) is 0 Å². The van der Waals surface area contributed by atoms with Crippen LogP contribution in [0, 0.1) is 0 Å². The normalized spacial score (nSPS) is 10.4. The van der Waals surface area contributed by atoms with Gasteiger partial charge in [-0.05, 0) is 64.6 Å². The van der Waals surface area contributed by atoms with Gasteiger partial charge >= 0.3 is 0 Å².